The molecule has 0 aliphatic heterocycles. The van der Waals surface area contributed by atoms with Crippen molar-refractivity contribution in [3.63, 3.8) is 0 Å². The van der Waals surface area contributed by atoms with Crippen LogP contribution < -0.4 is 4.72 Å². The number of hydrogen-bond donors (Lipinski definition) is 2. The zero-order chi connectivity index (χ0) is 22.7. The Bertz CT molecular complexity index is 1210. The Morgan fingerprint density at radius 1 is 1.16 bits per heavy atom. The van der Waals surface area contributed by atoms with E-state index in [4.69, 9.17) is 0 Å². The van der Waals surface area contributed by atoms with Gasteiger partial charge in [-0.05, 0) is 61.1 Å². The van der Waals surface area contributed by atoms with Crippen LogP contribution in [0.5, 0.6) is 0 Å². The third-order valence-electron chi connectivity index (χ3n) is 6.40. The summed E-state index contributed by atoms with van der Waals surface area (Å²) in [6.45, 7) is 2.87. The summed E-state index contributed by atoms with van der Waals surface area (Å²) in [4.78, 5) is 16.0. The minimum Gasteiger partial charge on any atom is -0.481 e. The molecule has 0 amide bonds. The van der Waals surface area contributed by atoms with Crippen molar-refractivity contribution in [2.45, 2.75) is 56.9 Å². The van der Waals surface area contributed by atoms with Crippen LogP contribution in [-0.2, 0) is 27.8 Å². The van der Waals surface area contributed by atoms with E-state index in [9.17, 15) is 18.3 Å². The van der Waals surface area contributed by atoms with Crippen molar-refractivity contribution >= 4 is 27.0 Å². The molecule has 0 spiro atoms. The highest BCUT2D eigenvalue weighted by Crippen LogP contribution is 2.26. The molecule has 1 fully saturated rings. The number of carbonyl (C=O) groups is 1. The fourth-order valence-electron chi connectivity index (χ4n) is 4.59. The molecular weight excluding hydrogens is 426 g/mol. The molecule has 1 aromatic carbocycles. The van der Waals surface area contributed by atoms with E-state index in [0.717, 1.165) is 40.7 Å². The molecule has 1 saturated carbocycles. The van der Waals surface area contributed by atoms with Crippen LogP contribution in [0.15, 0.2) is 47.5 Å². The average Bonchev–Trinajstić information content (AvgIpc) is 3.04. The monoisotopic (exact) mass is 455 g/mol. The van der Waals surface area contributed by atoms with Gasteiger partial charge in [-0.1, -0.05) is 31.4 Å². The minimum absolute atomic E-state index is 0.0646. The van der Waals surface area contributed by atoms with Gasteiger partial charge in [0.05, 0.1) is 11.3 Å². The first-order valence-corrected chi connectivity index (χ1v) is 12.6. The third kappa shape index (κ3) is 4.86. The van der Waals surface area contributed by atoms with Crippen LogP contribution in [0.1, 0.15) is 48.9 Å². The SMILES string of the molecule is Cc1c(CC(=O)O)c2cccnc2n1Cc1ccc(S(=O)(=O)NCC2CCCCC2)cc1. The second-order valence-electron chi connectivity index (χ2n) is 8.60. The van der Waals surface area contributed by atoms with Gasteiger partial charge in [0.15, 0.2) is 0 Å². The van der Waals surface area contributed by atoms with E-state index in [1.54, 1.807) is 36.5 Å². The van der Waals surface area contributed by atoms with Crippen LogP contribution in [-0.4, -0.2) is 35.6 Å². The Hall–Kier alpha value is -2.71. The molecule has 32 heavy (non-hydrogen) atoms. The highest BCUT2D eigenvalue weighted by molar-refractivity contribution is 7.89. The molecule has 2 N–H and O–H groups in total. The lowest BCUT2D eigenvalue weighted by molar-refractivity contribution is -0.136. The van der Waals surface area contributed by atoms with Crippen molar-refractivity contribution in [3.05, 3.63) is 59.4 Å². The number of carboxylic acids is 1. The smallest absolute Gasteiger partial charge is 0.307 e. The van der Waals surface area contributed by atoms with Crippen LogP contribution >= 0.6 is 0 Å². The first-order valence-electron chi connectivity index (χ1n) is 11.1. The lowest BCUT2D eigenvalue weighted by atomic mass is 9.90. The molecule has 1 aliphatic rings. The minimum atomic E-state index is -3.54. The van der Waals surface area contributed by atoms with Gasteiger partial charge in [0.25, 0.3) is 0 Å². The first-order chi connectivity index (χ1) is 15.3. The highest BCUT2D eigenvalue weighted by Gasteiger charge is 2.20. The average molecular weight is 456 g/mol. The summed E-state index contributed by atoms with van der Waals surface area (Å²) in [5.74, 6) is -0.457. The van der Waals surface area contributed by atoms with Crippen LogP contribution in [0.3, 0.4) is 0 Å². The largest absolute Gasteiger partial charge is 0.481 e. The van der Waals surface area contributed by atoms with Gasteiger partial charge < -0.3 is 9.67 Å². The van der Waals surface area contributed by atoms with E-state index < -0.39 is 16.0 Å². The van der Waals surface area contributed by atoms with Gasteiger partial charge in [-0.25, -0.2) is 18.1 Å². The molecule has 3 aromatic rings. The number of aliphatic carboxylic acids is 1. The zero-order valence-corrected chi connectivity index (χ0v) is 19.1. The number of hydrogen-bond acceptors (Lipinski definition) is 4. The molecular formula is C24H29N3O4S. The fraction of sp³-hybridized carbons (Fsp3) is 0.417. The number of sulfonamides is 1. The molecule has 4 rings (SSSR count). The summed E-state index contributed by atoms with van der Waals surface area (Å²) in [6, 6.07) is 10.6. The predicted molar refractivity (Wildman–Crippen MR) is 123 cm³/mol. The van der Waals surface area contributed by atoms with Crippen LogP contribution in [0.2, 0.25) is 0 Å². The molecule has 8 heteroatoms. The van der Waals surface area contributed by atoms with Gasteiger partial charge in [0, 0.05) is 30.4 Å². The number of nitrogens with one attached hydrogen (secondary N) is 1. The second-order valence-corrected chi connectivity index (χ2v) is 10.4. The fourth-order valence-corrected chi connectivity index (χ4v) is 5.71. The Kier molecular flexibility index (Phi) is 6.62. The quantitative estimate of drug-likeness (QED) is 0.537. The van der Waals surface area contributed by atoms with E-state index in [-0.39, 0.29) is 11.3 Å². The van der Waals surface area contributed by atoms with Crippen molar-refractivity contribution in [3.8, 4) is 0 Å². The van der Waals surface area contributed by atoms with Gasteiger partial charge in [0.2, 0.25) is 10.0 Å². The highest BCUT2D eigenvalue weighted by atomic mass is 32.2. The number of aromatic nitrogens is 2. The molecule has 170 valence electrons. The summed E-state index contributed by atoms with van der Waals surface area (Å²) in [5, 5.41) is 10.1. The second kappa shape index (κ2) is 9.42. The summed E-state index contributed by atoms with van der Waals surface area (Å²) in [5.41, 5.74) is 3.26. The molecule has 0 radical (unpaired) electrons. The maximum Gasteiger partial charge on any atom is 0.307 e. The topological polar surface area (TPSA) is 101 Å². The van der Waals surface area contributed by atoms with Crippen LogP contribution in [0.4, 0.5) is 0 Å². The van der Waals surface area contributed by atoms with E-state index in [0.29, 0.717) is 19.0 Å². The van der Waals surface area contributed by atoms with Gasteiger partial charge in [-0.3, -0.25) is 4.79 Å². The lowest BCUT2D eigenvalue weighted by Gasteiger charge is -2.21. The van der Waals surface area contributed by atoms with E-state index >= 15 is 0 Å². The molecule has 2 heterocycles. The van der Waals surface area contributed by atoms with E-state index in [1.807, 2.05) is 17.6 Å². The molecule has 7 nitrogen and oxygen atoms in total. The van der Waals surface area contributed by atoms with Crippen molar-refractivity contribution in [1.82, 2.24) is 14.3 Å². The van der Waals surface area contributed by atoms with Crippen LogP contribution in [0, 0.1) is 12.8 Å². The zero-order valence-electron chi connectivity index (χ0n) is 18.3. The van der Waals surface area contributed by atoms with Gasteiger partial charge in [0.1, 0.15) is 5.65 Å². The van der Waals surface area contributed by atoms with Gasteiger partial charge >= 0.3 is 5.97 Å². The first kappa shape index (κ1) is 22.5. The number of benzene rings is 1. The molecule has 0 saturated heterocycles. The van der Waals surface area contributed by atoms with Crippen molar-refractivity contribution in [1.29, 1.82) is 0 Å². The molecule has 0 atom stereocenters. The standard InChI is InChI=1S/C24H29N3O4S/c1-17-22(14-23(28)29)21-8-5-13-25-24(21)27(17)16-19-9-11-20(12-10-19)32(30,31)26-15-18-6-3-2-4-7-18/h5,8-13,18,26H,2-4,6-7,14-16H2,1H3,(H,28,29). The summed E-state index contributed by atoms with van der Waals surface area (Å²) in [7, 11) is -3.54. The number of pyridine rings is 1. The Labute approximate surface area is 188 Å². The van der Waals surface area contributed by atoms with E-state index in [2.05, 4.69) is 9.71 Å². The number of rotatable bonds is 8. The Morgan fingerprint density at radius 3 is 2.56 bits per heavy atom. The Balaban J connectivity index is 1.52. The molecule has 1 aliphatic carbocycles. The summed E-state index contributed by atoms with van der Waals surface area (Å²) >= 11 is 0. The van der Waals surface area contributed by atoms with Crippen molar-refractivity contribution < 1.29 is 18.3 Å². The molecule has 0 bridgehead atoms. The normalized spacial score (nSPS) is 15.3. The number of fused-ring (bicyclic) bond motifs is 1. The Morgan fingerprint density at radius 2 is 1.88 bits per heavy atom. The van der Waals surface area contributed by atoms with Crippen LogP contribution in [0.25, 0.3) is 11.0 Å². The molecule has 0 unspecified atom stereocenters. The van der Waals surface area contributed by atoms with E-state index in [1.165, 1.54) is 19.3 Å². The lowest BCUT2D eigenvalue weighted by Crippen LogP contribution is -2.30. The van der Waals surface area contributed by atoms with Gasteiger partial charge in [-0.15, -0.1) is 0 Å². The molecule has 2 aromatic heterocycles. The van der Waals surface area contributed by atoms with Crippen molar-refractivity contribution in [2.24, 2.45) is 5.92 Å². The number of carboxylic acid groups (broad SMARTS) is 1. The maximum absolute atomic E-state index is 12.7. The van der Waals surface area contributed by atoms with Gasteiger partial charge in [-0.2, -0.15) is 0 Å². The summed E-state index contributed by atoms with van der Waals surface area (Å²) < 4.78 is 30.1. The maximum atomic E-state index is 12.7. The predicted octanol–water partition coefficient (Wildman–Crippen LogP) is 3.88. The summed E-state index contributed by atoms with van der Waals surface area (Å²) in [6.07, 6.45) is 7.40. The van der Waals surface area contributed by atoms with Crippen molar-refractivity contribution in [2.75, 3.05) is 6.54 Å². The number of nitrogens with zero attached hydrogens (tertiary/aromatic N) is 2. The third-order valence-corrected chi connectivity index (χ3v) is 7.84.